The van der Waals surface area contributed by atoms with Gasteiger partial charge < -0.3 is 14.3 Å². The zero-order chi connectivity index (χ0) is 13.2. The Morgan fingerprint density at radius 2 is 1.79 bits per heavy atom. The summed E-state index contributed by atoms with van der Waals surface area (Å²) in [4.78, 5) is 15.5. The van der Waals surface area contributed by atoms with Crippen LogP contribution in [0, 0.1) is 0 Å². The first kappa shape index (κ1) is 11.3. The number of nitrogens with zero attached hydrogens (tertiary/aromatic N) is 1. The van der Waals surface area contributed by atoms with Gasteiger partial charge in [-0.25, -0.2) is 0 Å². The first-order valence-corrected chi connectivity index (χ1v) is 5.59. The molecule has 0 amide bonds. The average molecular weight is 255 g/mol. The van der Waals surface area contributed by atoms with Crippen molar-refractivity contribution < 1.29 is 14.3 Å². The standard InChI is InChI=1S/C14H9NO4/c16-9-5-7-10(8-6-9)18-14-15-13(17)11-3-1-2-4-12(11)19-14/h1-8,16H. The smallest absolute Gasteiger partial charge is 0.403 e. The van der Waals surface area contributed by atoms with Crippen LogP contribution in [0.15, 0.2) is 57.7 Å². The van der Waals surface area contributed by atoms with Crippen molar-refractivity contribution in [3.05, 3.63) is 58.9 Å². The molecule has 0 saturated heterocycles. The maximum atomic E-state index is 11.8. The highest BCUT2D eigenvalue weighted by molar-refractivity contribution is 5.75. The van der Waals surface area contributed by atoms with Crippen molar-refractivity contribution in [2.45, 2.75) is 0 Å². The third-order valence-electron chi connectivity index (χ3n) is 2.55. The van der Waals surface area contributed by atoms with E-state index in [0.717, 1.165) is 0 Å². The van der Waals surface area contributed by atoms with Crippen molar-refractivity contribution in [2.75, 3.05) is 0 Å². The fraction of sp³-hybridized carbons (Fsp3) is 0. The minimum Gasteiger partial charge on any atom is -0.508 e. The van der Waals surface area contributed by atoms with Gasteiger partial charge in [0.25, 0.3) is 5.56 Å². The minimum absolute atomic E-state index is 0.125. The number of ether oxygens (including phenoxy) is 1. The number of phenolic OH excluding ortho intramolecular Hbond substituents is 1. The lowest BCUT2D eigenvalue weighted by Gasteiger charge is -2.03. The van der Waals surface area contributed by atoms with E-state index >= 15 is 0 Å². The maximum absolute atomic E-state index is 11.8. The average Bonchev–Trinajstić information content (AvgIpc) is 2.42. The summed E-state index contributed by atoms with van der Waals surface area (Å²) < 4.78 is 10.7. The molecule has 0 spiro atoms. The quantitative estimate of drug-likeness (QED) is 0.762. The number of aromatic nitrogens is 1. The van der Waals surface area contributed by atoms with Gasteiger partial charge in [0, 0.05) is 0 Å². The zero-order valence-electron chi connectivity index (χ0n) is 9.74. The normalized spacial score (nSPS) is 10.5. The monoisotopic (exact) mass is 255 g/mol. The van der Waals surface area contributed by atoms with Crippen LogP contribution in [0.4, 0.5) is 0 Å². The molecule has 5 heteroatoms. The first-order chi connectivity index (χ1) is 9.22. The number of fused-ring (bicyclic) bond motifs is 1. The van der Waals surface area contributed by atoms with Gasteiger partial charge in [0.05, 0.1) is 5.39 Å². The molecule has 0 aliphatic rings. The molecule has 0 unspecified atom stereocenters. The van der Waals surface area contributed by atoms with Gasteiger partial charge in [-0.15, -0.1) is 4.98 Å². The Morgan fingerprint density at radius 3 is 2.58 bits per heavy atom. The predicted octanol–water partition coefficient (Wildman–Crippen LogP) is 2.69. The Morgan fingerprint density at radius 1 is 1.05 bits per heavy atom. The van der Waals surface area contributed by atoms with Crippen LogP contribution in [0.25, 0.3) is 11.0 Å². The van der Waals surface area contributed by atoms with Crippen LogP contribution < -0.4 is 10.3 Å². The third-order valence-corrected chi connectivity index (χ3v) is 2.55. The molecule has 1 N–H and O–H groups in total. The van der Waals surface area contributed by atoms with Crippen molar-refractivity contribution in [1.29, 1.82) is 0 Å². The van der Waals surface area contributed by atoms with E-state index in [2.05, 4.69) is 4.98 Å². The Labute approximate surface area is 107 Å². The van der Waals surface area contributed by atoms with E-state index in [1.807, 2.05) is 0 Å². The molecule has 5 nitrogen and oxygen atoms in total. The summed E-state index contributed by atoms with van der Waals surface area (Å²) in [6.45, 7) is 0. The molecule has 0 aliphatic carbocycles. The summed E-state index contributed by atoms with van der Waals surface area (Å²) in [5.41, 5.74) is 0.00640. The van der Waals surface area contributed by atoms with Crippen LogP contribution in [-0.4, -0.2) is 10.1 Å². The number of para-hydroxylation sites is 1. The van der Waals surface area contributed by atoms with E-state index in [1.165, 1.54) is 12.1 Å². The van der Waals surface area contributed by atoms with Crippen LogP contribution in [0.1, 0.15) is 0 Å². The number of hydrogen-bond acceptors (Lipinski definition) is 5. The molecule has 94 valence electrons. The highest BCUT2D eigenvalue weighted by atomic mass is 16.6. The summed E-state index contributed by atoms with van der Waals surface area (Å²) in [6, 6.07) is 12.8. The maximum Gasteiger partial charge on any atom is 0.403 e. The largest absolute Gasteiger partial charge is 0.508 e. The van der Waals surface area contributed by atoms with E-state index in [9.17, 15) is 4.79 Å². The molecule has 0 radical (unpaired) electrons. The van der Waals surface area contributed by atoms with E-state index in [1.54, 1.807) is 36.4 Å². The van der Waals surface area contributed by atoms with Crippen molar-refractivity contribution >= 4 is 11.0 Å². The summed E-state index contributed by atoms with van der Waals surface area (Å²) in [5, 5.41) is 9.57. The second-order valence-electron chi connectivity index (χ2n) is 3.88. The van der Waals surface area contributed by atoms with Gasteiger partial charge in [-0.1, -0.05) is 12.1 Å². The van der Waals surface area contributed by atoms with Gasteiger partial charge in [-0.05, 0) is 36.4 Å². The van der Waals surface area contributed by atoms with Crippen LogP contribution in [0.2, 0.25) is 0 Å². The second-order valence-corrected chi connectivity index (χ2v) is 3.88. The predicted molar refractivity (Wildman–Crippen MR) is 68.5 cm³/mol. The third kappa shape index (κ3) is 2.26. The Kier molecular flexibility index (Phi) is 2.64. The van der Waals surface area contributed by atoms with E-state index in [-0.39, 0.29) is 11.8 Å². The topological polar surface area (TPSA) is 72.6 Å². The molecular weight excluding hydrogens is 246 g/mol. The molecule has 3 aromatic rings. The molecule has 19 heavy (non-hydrogen) atoms. The van der Waals surface area contributed by atoms with E-state index in [0.29, 0.717) is 16.7 Å². The van der Waals surface area contributed by atoms with Crippen molar-refractivity contribution in [2.24, 2.45) is 0 Å². The summed E-state index contributed by atoms with van der Waals surface area (Å²) in [7, 11) is 0. The Balaban J connectivity index is 2.01. The lowest BCUT2D eigenvalue weighted by molar-refractivity contribution is 0.330. The molecule has 1 aromatic heterocycles. The molecule has 0 aliphatic heterocycles. The first-order valence-electron chi connectivity index (χ1n) is 5.59. The number of phenols is 1. The number of aromatic hydroxyl groups is 1. The van der Waals surface area contributed by atoms with Gasteiger partial charge >= 0.3 is 6.08 Å². The molecule has 0 atom stereocenters. The highest BCUT2D eigenvalue weighted by Crippen LogP contribution is 2.23. The fourth-order valence-electron chi connectivity index (χ4n) is 1.65. The van der Waals surface area contributed by atoms with Crippen LogP contribution in [0.5, 0.6) is 17.6 Å². The minimum atomic E-state index is -0.407. The van der Waals surface area contributed by atoms with Crippen molar-refractivity contribution in [1.82, 2.24) is 4.98 Å². The van der Waals surface area contributed by atoms with Gasteiger partial charge in [0.1, 0.15) is 17.1 Å². The second kappa shape index (κ2) is 4.45. The summed E-state index contributed by atoms with van der Waals surface area (Å²) in [6.07, 6.45) is -0.130. The van der Waals surface area contributed by atoms with Crippen molar-refractivity contribution in [3.8, 4) is 17.6 Å². The number of hydrogen-bond donors (Lipinski definition) is 1. The molecule has 1 heterocycles. The molecule has 0 fully saturated rings. The van der Waals surface area contributed by atoms with Crippen LogP contribution in [-0.2, 0) is 0 Å². The lowest BCUT2D eigenvalue weighted by Crippen LogP contribution is -2.06. The zero-order valence-corrected chi connectivity index (χ0v) is 9.74. The van der Waals surface area contributed by atoms with Crippen LogP contribution in [0.3, 0.4) is 0 Å². The molecule has 2 aromatic carbocycles. The van der Waals surface area contributed by atoms with Gasteiger partial charge in [0.15, 0.2) is 0 Å². The van der Waals surface area contributed by atoms with Gasteiger partial charge in [-0.3, -0.25) is 4.79 Å². The lowest BCUT2D eigenvalue weighted by atomic mass is 10.3. The molecule has 0 bridgehead atoms. The highest BCUT2D eigenvalue weighted by Gasteiger charge is 2.07. The Bertz CT molecular complexity index is 777. The molecule has 3 rings (SSSR count). The van der Waals surface area contributed by atoms with E-state index < -0.39 is 5.56 Å². The van der Waals surface area contributed by atoms with Gasteiger partial charge in [0.2, 0.25) is 0 Å². The fourth-order valence-corrected chi connectivity index (χ4v) is 1.65. The molecular formula is C14H9NO4. The van der Waals surface area contributed by atoms with Crippen molar-refractivity contribution in [3.63, 3.8) is 0 Å². The molecule has 0 saturated carbocycles. The Hall–Kier alpha value is -2.82. The summed E-state index contributed by atoms with van der Waals surface area (Å²) in [5.74, 6) is 0.545. The number of benzene rings is 2. The van der Waals surface area contributed by atoms with Gasteiger partial charge in [-0.2, -0.15) is 0 Å². The number of rotatable bonds is 2. The van der Waals surface area contributed by atoms with E-state index in [4.69, 9.17) is 14.3 Å². The van der Waals surface area contributed by atoms with Crippen LogP contribution >= 0.6 is 0 Å². The summed E-state index contributed by atoms with van der Waals surface area (Å²) >= 11 is 0. The SMILES string of the molecule is O=c1nc(Oc2ccc(O)cc2)oc2ccccc12.